The second-order valence-corrected chi connectivity index (χ2v) is 8.22. The zero-order valence-corrected chi connectivity index (χ0v) is 18.7. The second-order valence-electron chi connectivity index (χ2n) is 8.22. The topological polar surface area (TPSA) is 52.3 Å². The van der Waals surface area contributed by atoms with Gasteiger partial charge in [0.05, 0.1) is 16.8 Å². The van der Waals surface area contributed by atoms with Gasteiger partial charge in [0.15, 0.2) is 0 Å². The Morgan fingerprint density at radius 2 is 1.78 bits per heavy atom. The molecule has 0 radical (unpaired) electrons. The Balaban J connectivity index is 1.51. The van der Waals surface area contributed by atoms with E-state index >= 15 is 0 Å². The number of aromatic nitrogens is 1. The number of allylic oxidation sites excluding steroid dienone is 3. The van der Waals surface area contributed by atoms with E-state index in [1.54, 1.807) is 6.07 Å². The minimum absolute atomic E-state index is 0.410. The number of hydrogen-bond donors (Lipinski definition) is 0. The molecule has 0 aliphatic rings. The zero-order valence-electron chi connectivity index (χ0n) is 18.7. The molecule has 4 heteroatoms. The summed E-state index contributed by atoms with van der Waals surface area (Å²) in [5, 5.41) is 1.86. The Labute approximate surface area is 187 Å². The molecule has 4 aromatic rings. The van der Waals surface area contributed by atoms with Crippen LogP contribution < -0.4 is 10.4 Å². The van der Waals surface area contributed by atoms with E-state index < -0.39 is 5.63 Å². The Hall–Kier alpha value is -3.66. The van der Waals surface area contributed by atoms with E-state index in [0.29, 0.717) is 29.2 Å². The Bertz CT molecular complexity index is 1370. The molecule has 0 bridgehead atoms. The maximum atomic E-state index is 12.7. The van der Waals surface area contributed by atoms with Crippen molar-refractivity contribution in [1.29, 1.82) is 0 Å². The molecule has 0 saturated carbocycles. The smallest absolute Gasteiger partial charge is 0.345 e. The highest BCUT2D eigenvalue weighted by Crippen LogP contribution is 2.25. The van der Waals surface area contributed by atoms with Crippen LogP contribution in [0.15, 0.2) is 93.2 Å². The summed E-state index contributed by atoms with van der Waals surface area (Å²) >= 11 is 0. The normalized spacial score (nSPS) is 11.7. The first-order valence-electron chi connectivity index (χ1n) is 10.9. The summed E-state index contributed by atoms with van der Waals surface area (Å²) in [5.74, 6) is 0.672. The number of ether oxygens (including phenoxy) is 1. The number of rotatable bonds is 7. The third-order valence-corrected chi connectivity index (χ3v) is 5.35. The number of para-hydroxylation sites is 1. The van der Waals surface area contributed by atoms with Gasteiger partial charge in [-0.3, -0.25) is 0 Å². The van der Waals surface area contributed by atoms with E-state index in [2.05, 4.69) is 37.9 Å². The van der Waals surface area contributed by atoms with Crippen LogP contribution in [0.2, 0.25) is 0 Å². The molecule has 2 heterocycles. The molecule has 0 aliphatic heterocycles. The molecular formula is C28H27NO3. The quantitative estimate of drug-likeness (QED) is 0.234. The predicted molar refractivity (Wildman–Crippen MR) is 131 cm³/mol. The van der Waals surface area contributed by atoms with E-state index in [4.69, 9.17) is 9.15 Å². The molecule has 4 nitrogen and oxygen atoms in total. The lowest BCUT2D eigenvalue weighted by atomic mass is 10.1. The Morgan fingerprint density at radius 1 is 0.969 bits per heavy atom. The Morgan fingerprint density at radius 3 is 2.62 bits per heavy atom. The van der Waals surface area contributed by atoms with Crippen LogP contribution in [0.1, 0.15) is 33.6 Å². The van der Waals surface area contributed by atoms with Crippen molar-refractivity contribution in [2.75, 3.05) is 6.61 Å². The minimum atomic E-state index is -0.410. The fourth-order valence-electron chi connectivity index (χ4n) is 3.55. The molecule has 162 valence electrons. The summed E-state index contributed by atoms with van der Waals surface area (Å²) in [7, 11) is 0. The maximum Gasteiger partial charge on any atom is 0.345 e. The average molecular weight is 426 g/mol. The van der Waals surface area contributed by atoms with Gasteiger partial charge in [0.1, 0.15) is 17.9 Å². The second kappa shape index (κ2) is 9.65. The van der Waals surface area contributed by atoms with Crippen LogP contribution in [-0.4, -0.2) is 11.6 Å². The molecule has 0 aliphatic carbocycles. The van der Waals surface area contributed by atoms with Gasteiger partial charge in [-0.2, -0.15) is 0 Å². The fraction of sp³-hybridized carbons (Fsp3) is 0.214. The lowest BCUT2D eigenvalue weighted by molar-refractivity contribution is 0.361. The number of pyridine rings is 1. The zero-order chi connectivity index (χ0) is 22.5. The molecule has 0 N–H and O–H groups in total. The lowest BCUT2D eigenvalue weighted by Gasteiger charge is -2.07. The van der Waals surface area contributed by atoms with E-state index in [0.717, 1.165) is 29.1 Å². The predicted octanol–water partition coefficient (Wildman–Crippen LogP) is 7.08. The molecule has 0 spiro atoms. The number of hydrogen-bond acceptors (Lipinski definition) is 4. The number of nitrogens with zero attached hydrogens (tertiary/aromatic N) is 1. The molecule has 2 aromatic heterocycles. The van der Waals surface area contributed by atoms with Crippen LogP contribution in [-0.2, 0) is 0 Å². The highest BCUT2D eigenvalue weighted by atomic mass is 16.5. The first kappa shape index (κ1) is 21.6. The average Bonchev–Trinajstić information content (AvgIpc) is 2.78. The summed E-state index contributed by atoms with van der Waals surface area (Å²) in [4.78, 5) is 17.3. The van der Waals surface area contributed by atoms with Crippen molar-refractivity contribution < 1.29 is 9.15 Å². The highest BCUT2D eigenvalue weighted by molar-refractivity contribution is 5.85. The molecule has 0 atom stereocenters. The number of benzene rings is 2. The third kappa shape index (κ3) is 5.14. The van der Waals surface area contributed by atoms with Crippen molar-refractivity contribution >= 4 is 21.9 Å². The standard InChI is InChI=1S/C28H27NO3/c1-19(2)7-6-8-20(3)15-16-31-23-13-11-22-17-24(28(30)32-27(22)18-23)26-14-12-21-9-4-5-10-25(21)29-26/h4-5,7,9-15,17-18H,6,8,16H2,1-3H3. The van der Waals surface area contributed by atoms with Crippen molar-refractivity contribution in [2.45, 2.75) is 33.6 Å². The summed E-state index contributed by atoms with van der Waals surface area (Å²) in [5.41, 5.74) is 4.63. The molecule has 0 unspecified atom stereocenters. The van der Waals surface area contributed by atoms with Gasteiger partial charge >= 0.3 is 5.63 Å². The third-order valence-electron chi connectivity index (χ3n) is 5.35. The highest BCUT2D eigenvalue weighted by Gasteiger charge is 2.10. The van der Waals surface area contributed by atoms with Gasteiger partial charge in [0.25, 0.3) is 0 Å². The lowest BCUT2D eigenvalue weighted by Crippen LogP contribution is -2.04. The van der Waals surface area contributed by atoms with Crippen molar-refractivity contribution in [3.05, 3.63) is 94.4 Å². The van der Waals surface area contributed by atoms with Gasteiger partial charge in [-0.25, -0.2) is 9.78 Å². The van der Waals surface area contributed by atoms with Crippen molar-refractivity contribution in [3.63, 3.8) is 0 Å². The van der Waals surface area contributed by atoms with E-state index in [9.17, 15) is 4.79 Å². The van der Waals surface area contributed by atoms with Crippen molar-refractivity contribution in [2.24, 2.45) is 0 Å². The molecule has 4 rings (SSSR count). The van der Waals surface area contributed by atoms with Gasteiger partial charge in [0, 0.05) is 16.8 Å². The summed E-state index contributed by atoms with van der Waals surface area (Å²) < 4.78 is 11.5. The fourth-order valence-corrected chi connectivity index (χ4v) is 3.55. The van der Waals surface area contributed by atoms with Gasteiger partial charge in [-0.15, -0.1) is 0 Å². The van der Waals surface area contributed by atoms with Gasteiger partial charge in [-0.1, -0.05) is 41.5 Å². The van der Waals surface area contributed by atoms with Crippen LogP contribution in [0.25, 0.3) is 33.1 Å². The van der Waals surface area contributed by atoms with Gasteiger partial charge < -0.3 is 9.15 Å². The Kier molecular flexibility index (Phi) is 6.50. The van der Waals surface area contributed by atoms with Crippen LogP contribution in [0.5, 0.6) is 5.75 Å². The molecule has 0 fully saturated rings. The summed E-state index contributed by atoms with van der Waals surface area (Å²) in [6.07, 6.45) is 6.39. The first-order chi connectivity index (χ1) is 15.5. The van der Waals surface area contributed by atoms with Crippen LogP contribution in [0.3, 0.4) is 0 Å². The first-order valence-corrected chi connectivity index (χ1v) is 10.9. The van der Waals surface area contributed by atoms with Crippen LogP contribution in [0.4, 0.5) is 0 Å². The molecule has 32 heavy (non-hydrogen) atoms. The molecule has 2 aromatic carbocycles. The van der Waals surface area contributed by atoms with Crippen molar-refractivity contribution in [1.82, 2.24) is 4.98 Å². The van der Waals surface area contributed by atoms with Crippen molar-refractivity contribution in [3.8, 4) is 17.0 Å². The van der Waals surface area contributed by atoms with E-state index in [1.165, 1.54) is 11.1 Å². The van der Waals surface area contributed by atoms with E-state index in [-0.39, 0.29) is 0 Å². The molecular weight excluding hydrogens is 398 g/mol. The van der Waals surface area contributed by atoms with Crippen LogP contribution in [0, 0.1) is 0 Å². The van der Waals surface area contributed by atoms with Gasteiger partial charge in [-0.05, 0) is 70.0 Å². The largest absolute Gasteiger partial charge is 0.489 e. The van der Waals surface area contributed by atoms with Crippen LogP contribution >= 0.6 is 0 Å². The SMILES string of the molecule is CC(C)=CCCC(C)=CCOc1ccc2cc(-c3ccc4ccccc4n3)c(=O)oc2c1. The monoisotopic (exact) mass is 425 g/mol. The summed E-state index contributed by atoms with van der Waals surface area (Å²) in [6.45, 7) is 6.82. The number of fused-ring (bicyclic) bond motifs is 2. The minimum Gasteiger partial charge on any atom is -0.489 e. The maximum absolute atomic E-state index is 12.7. The van der Waals surface area contributed by atoms with Gasteiger partial charge in [0.2, 0.25) is 0 Å². The molecule has 0 saturated heterocycles. The summed E-state index contributed by atoms with van der Waals surface area (Å²) in [6, 6.07) is 19.0. The van der Waals surface area contributed by atoms with E-state index in [1.807, 2.05) is 54.6 Å². The molecule has 0 amide bonds.